The lowest BCUT2D eigenvalue weighted by Gasteiger charge is -2.11. The van der Waals surface area contributed by atoms with Crippen LogP contribution in [0, 0.1) is 11.3 Å². The summed E-state index contributed by atoms with van der Waals surface area (Å²) in [6.45, 7) is 1.77. The molecule has 0 aliphatic heterocycles. The van der Waals surface area contributed by atoms with Gasteiger partial charge >= 0.3 is 0 Å². The van der Waals surface area contributed by atoms with Gasteiger partial charge in [0, 0.05) is 6.20 Å². The van der Waals surface area contributed by atoms with Crippen LogP contribution in [0.3, 0.4) is 0 Å². The monoisotopic (exact) mass is 323 g/mol. The molecule has 4 nitrogen and oxygen atoms in total. The minimum Gasteiger partial charge on any atom is -0.316 e. The Bertz CT molecular complexity index is 666. The van der Waals surface area contributed by atoms with Gasteiger partial charge in [0.25, 0.3) is 0 Å². The van der Waals surface area contributed by atoms with Gasteiger partial charge in [-0.25, -0.2) is 4.98 Å². The number of rotatable bonds is 4. The summed E-state index contributed by atoms with van der Waals surface area (Å²) in [6.07, 6.45) is 1.63. The fraction of sp³-hybridized carbons (Fsp3) is 0.154. The number of amides is 1. The highest BCUT2D eigenvalue weighted by molar-refractivity contribution is 8.00. The minimum atomic E-state index is -0.365. The largest absolute Gasteiger partial charge is 0.316 e. The van der Waals surface area contributed by atoms with Crippen molar-refractivity contribution in [3.05, 3.63) is 40.4 Å². The maximum absolute atomic E-state index is 12.1. The van der Waals surface area contributed by atoms with Crippen molar-refractivity contribution < 1.29 is 4.79 Å². The van der Waals surface area contributed by atoms with Crippen molar-refractivity contribution in [1.29, 1.82) is 5.26 Å². The van der Waals surface area contributed by atoms with Crippen molar-refractivity contribution in [3.63, 3.8) is 0 Å². The Morgan fingerprint density at radius 3 is 3.10 bits per heavy atom. The molecule has 1 N–H and O–H groups in total. The maximum Gasteiger partial charge on any atom is 0.238 e. The first-order chi connectivity index (χ1) is 9.61. The Morgan fingerprint density at radius 2 is 2.40 bits per heavy atom. The number of nitrogens with zero attached hydrogens (tertiary/aromatic N) is 2. The molecule has 0 fully saturated rings. The van der Waals surface area contributed by atoms with Gasteiger partial charge in [-0.15, -0.1) is 11.3 Å². The quantitative estimate of drug-likeness (QED) is 0.869. The number of thioether (sulfide) groups is 1. The first kappa shape index (κ1) is 14.9. The third-order valence-electron chi connectivity index (χ3n) is 2.40. The Morgan fingerprint density at radius 1 is 1.60 bits per heavy atom. The molecule has 2 aromatic rings. The predicted molar refractivity (Wildman–Crippen MR) is 82.2 cm³/mol. The van der Waals surface area contributed by atoms with Gasteiger partial charge in [-0.3, -0.25) is 4.79 Å². The smallest absolute Gasteiger partial charge is 0.238 e. The Labute approximate surface area is 129 Å². The number of thiophene rings is 1. The van der Waals surface area contributed by atoms with E-state index in [0.29, 0.717) is 20.6 Å². The molecule has 0 aliphatic carbocycles. The van der Waals surface area contributed by atoms with Crippen LogP contribution in [0.2, 0.25) is 5.02 Å². The fourth-order valence-corrected chi connectivity index (χ4v) is 3.19. The zero-order valence-corrected chi connectivity index (χ0v) is 12.9. The lowest BCUT2D eigenvalue weighted by molar-refractivity contribution is -0.115. The molecule has 0 radical (unpaired) electrons. The standard InChI is InChI=1S/C13H10ClN3OS2/c1-8(20-13-10(14)3-2-5-16-13)11(18)17-12-9(7-15)4-6-19-12/h2-6,8H,1H3,(H,17,18). The molecule has 2 heterocycles. The van der Waals surface area contributed by atoms with E-state index < -0.39 is 0 Å². The molecule has 20 heavy (non-hydrogen) atoms. The maximum atomic E-state index is 12.1. The molecule has 2 aromatic heterocycles. The average molecular weight is 324 g/mol. The van der Waals surface area contributed by atoms with Crippen molar-refractivity contribution in [2.24, 2.45) is 0 Å². The highest BCUT2D eigenvalue weighted by Gasteiger charge is 2.18. The molecular formula is C13H10ClN3OS2. The van der Waals surface area contributed by atoms with E-state index in [2.05, 4.69) is 10.3 Å². The van der Waals surface area contributed by atoms with E-state index in [9.17, 15) is 4.79 Å². The van der Waals surface area contributed by atoms with Gasteiger partial charge in [0.15, 0.2) is 0 Å². The summed E-state index contributed by atoms with van der Waals surface area (Å²) >= 11 is 8.61. The zero-order chi connectivity index (χ0) is 14.5. The van der Waals surface area contributed by atoms with Crippen molar-refractivity contribution in [1.82, 2.24) is 4.98 Å². The lowest BCUT2D eigenvalue weighted by atomic mass is 10.3. The number of aromatic nitrogens is 1. The topological polar surface area (TPSA) is 65.8 Å². The molecule has 0 aromatic carbocycles. The van der Waals surface area contributed by atoms with Crippen LogP contribution in [0.15, 0.2) is 34.8 Å². The van der Waals surface area contributed by atoms with Gasteiger partial charge in [0.1, 0.15) is 16.1 Å². The summed E-state index contributed by atoms with van der Waals surface area (Å²) in [7, 11) is 0. The summed E-state index contributed by atoms with van der Waals surface area (Å²) in [4.78, 5) is 16.2. The Kier molecular flexibility index (Phi) is 5.01. The van der Waals surface area contributed by atoms with Crippen LogP contribution in [0.4, 0.5) is 5.00 Å². The highest BCUT2D eigenvalue weighted by Crippen LogP contribution is 2.29. The zero-order valence-electron chi connectivity index (χ0n) is 10.5. The van der Waals surface area contributed by atoms with Crippen LogP contribution in [-0.4, -0.2) is 16.1 Å². The van der Waals surface area contributed by atoms with Crippen molar-refractivity contribution in [3.8, 4) is 6.07 Å². The number of hydrogen-bond acceptors (Lipinski definition) is 5. The minimum absolute atomic E-state index is 0.185. The lowest BCUT2D eigenvalue weighted by Crippen LogP contribution is -2.22. The van der Waals surface area contributed by atoms with Gasteiger partial charge in [-0.1, -0.05) is 23.4 Å². The molecule has 0 bridgehead atoms. The molecule has 1 atom stereocenters. The van der Waals surface area contributed by atoms with Crippen molar-refractivity contribution >= 4 is 45.6 Å². The molecule has 2 rings (SSSR count). The number of carbonyl (C=O) groups is 1. The van der Waals surface area contributed by atoms with Crippen LogP contribution in [0.25, 0.3) is 0 Å². The van der Waals surface area contributed by atoms with Crippen molar-refractivity contribution in [2.75, 3.05) is 5.32 Å². The average Bonchev–Trinajstić information content (AvgIpc) is 2.88. The number of carbonyl (C=O) groups excluding carboxylic acids is 1. The Balaban J connectivity index is 2.03. The van der Waals surface area contributed by atoms with Gasteiger partial charge in [-0.2, -0.15) is 5.26 Å². The van der Waals surface area contributed by atoms with Crippen LogP contribution in [0.1, 0.15) is 12.5 Å². The molecule has 0 spiro atoms. The molecule has 0 saturated heterocycles. The van der Waals surface area contributed by atoms with Crippen LogP contribution < -0.4 is 5.32 Å². The summed E-state index contributed by atoms with van der Waals surface area (Å²) in [5.74, 6) is -0.185. The first-order valence-electron chi connectivity index (χ1n) is 5.67. The molecule has 102 valence electrons. The Hall–Kier alpha value is -1.55. The van der Waals surface area contributed by atoms with E-state index in [4.69, 9.17) is 16.9 Å². The van der Waals surface area contributed by atoms with E-state index in [1.807, 2.05) is 6.07 Å². The van der Waals surface area contributed by atoms with Gasteiger partial charge < -0.3 is 5.32 Å². The normalized spacial score (nSPS) is 11.7. The third-order valence-corrected chi connectivity index (χ3v) is 4.77. The van der Waals surface area contributed by atoms with E-state index in [1.165, 1.54) is 23.1 Å². The number of halogens is 1. The predicted octanol–water partition coefficient (Wildman–Crippen LogP) is 3.79. The molecule has 1 amide bonds. The van der Waals surface area contributed by atoms with Gasteiger partial charge in [-0.05, 0) is 30.5 Å². The van der Waals surface area contributed by atoms with Crippen LogP contribution in [0.5, 0.6) is 0 Å². The first-order valence-corrected chi connectivity index (χ1v) is 7.81. The molecule has 0 aliphatic rings. The molecule has 7 heteroatoms. The number of anilines is 1. The van der Waals surface area contributed by atoms with Gasteiger partial charge in [0.2, 0.25) is 5.91 Å². The second-order valence-electron chi connectivity index (χ2n) is 3.81. The third kappa shape index (κ3) is 3.51. The van der Waals surface area contributed by atoms with Crippen molar-refractivity contribution in [2.45, 2.75) is 17.2 Å². The molecule has 0 saturated carbocycles. The van der Waals surface area contributed by atoms with Crippen LogP contribution >= 0.6 is 34.7 Å². The summed E-state index contributed by atoms with van der Waals surface area (Å²) in [6, 6.07) is 7.18. The summed E-state index contributed by atoms with van der Waals surface area (Å²) in [5.41, 5.74) is 0.469. The van der Waals surface area contributed by atoms with E-state index in [-0.39, 0.29) is 11.2 Å². The van der Waals surface area contributed by atoms with E-state index in [0.717, 1.165) is 0 Å². The number of pyridine rings is 1. The summed E-state index contributed by atoms with van der Waals surface area (Å²) < 4.78 is 0. The number of hydrogen-bond donors (Lipinski definition) is 1. The molecular weight excluding hydrogens is 314 g/mol. The number of nitriles is 1. The number of nitrogens with one attached hydrogen (secondary N) is 1. The highest BCUT2D eigenvalue weighted by atomic mass is 35.5. The second-order valence-corrected chi connectivity index (χ2v) is 6.47. The fourth-order valence-electron chi connectivity index (χ4n) is 1.39. The SMILES string of the molecule is CC(Sc1ncccc1Cl)C(=O)Nc1sccc1C#N. The second kappa shape index (κ2) is 6.75. The molecule has 1 unspecified atom stereocenters. The van der Waals surface area contributed by atoms with E-state index in [1.54, 1.807) is 36.7 Å². The van der Waals surface area contributed by atoms with Crippen LogP contribution in [-0.2, 0) is 4.79 Å². The van der Waals surface area contributed by atoms with Gasteiger partial charge in [0.05, 0.1) is 15.8 Å². The summed E-state index contributed by atoms with van der Waals surface area (Å²) in [5, 5.41) is 14.8. The van der Waals surface area contributed by atoms with E-state index >= 15 is 0 Å².